The number of hydrogen-bond acceptors (Lipinski definition) is 7. The first-order valence-corrected chi connectivity index (χ1v) is 9.08. The highest BCUT2D eigenvalue weighted by Crippen LogP contribution is 2.18. The van der Waals surface area contributed by atoms with Crippen LogP contribution in [0.5, 0.6) is 5.75 Å². The van der Waals surface area contributed by atoms with E-state index in [4.69, 9.17) is 14.7 Å². The number of nitrogens with one attached hydrogen (secondary N) is 1. The van der Waals surface area contributed by atoms with Crippen molar-refractivity contribution in [3.05, 3.63) is 35.7 Å². The van der Waals surface area contributed by atoms with E-state index >= 15 is 0 Å². The summed E-state index contributed by atoms with van der Waals surface area (Å²) in [5.41, 5.74) is 0.0832. The van der Waals surface area contributed by atoms with Crippen molar-refractivity contribution in [1.82, 2.24) is 25.5 Å². The highest BCUT2D eigenvalue weighted by Gasteiger charge is 2.24. The van der Waals surface area contributed by atoms with Crippen molar-refractivity contribution in [1.29, 1.82) is 5.26 Å². The smallest absolute Gasteiger partial charge is 0.408 e. The summed E-state index contributed by atoms with van der Waals surface area (Å²) in [7, 11) is 1.58. The van der Waals surface area contributed by atoms with Gasteiger partial charge in [-0.25, -0.2) is 9.48 Å². The fraction of sp³-hybridized carbons (Fsp3) is 0.450. The topological polar surface area (TPSA) is 115 Å². The number of carbonyl (C=O) groups is 1. The van der Waals surface area contributed by atoms with Crippen LogP contribution >= 0.6 is 0 Å². The quantitative estimate of drug-likeness (QED) is 0.746. The summed E-state index contributed by atoms with van der Waals surface area (Å²) in [5.74, 6) is 7.15. The maximum absolute atomic E-state index is 12.3. The monoisotopic (exact) mass is 396 g/mol. The van der Waals surface area contributed by atoms with Gasteiger partial charge in [0.05, 0.1) is 31.7 Å². The highest BCUT2D eigenvalue weighted by atomic mass is 16.6. The molecule has 0 unspecified atom stereocenters. The second-order valence-corrected chi connectivity index (χ2v) is 7.07. The van der Waals surface area contributed by atoms with Gasteiger partial charge in [-0.2, -0.15) is 5.26 Å². The fourth-order valence-electron chi connectivity index (χ4n) is 2.43. The number of aryl methyl sites for hydroxylation is 1. The number of para-hydroxylation sites is 1. The zero-order valence-corrected chi connectivity index (χ0v) is 17.0. The molecule has 0 aliphatic rings. The van der Waals surface area contributed by atoms with E-state index in [1.165, 1.54) is 4.68 Å². The summed E-state index contributed by atoms with van der Waals surface area (Å²) in [5, 5.41) is 23.2. The van der Waals surface area contributed by atoms with E-state index in [1.807, 2.05) is 24.3 Å². The Bertz CT molecular complexity index is 930. The summed E-state index contributed by atoms with van der Waals surface area (Å²) in [6.45, 7) is 5.64. The molecule has 1 aromatic carbocycles. The molecule has 0 aliphatic carbocycles. The SMILES string of the molecule is COc1ccccc1C#CC[C@H](NC(=O)OC(C)(C)C)c1nnnn1CCC#N. The van der Waals surface area contributed by atoms with Crippen LogP contribution in [-0.2, 0) is 11.3 Å². The van der Waals surface area contributed by atoms with Gasteiger partial charge < -0.3 is 14.8 Å². The van der Waals surface area contributed by atoms with Gasteiger partial charge in [-0.15, -0.1) is 5.10 Å². The minimum absolute atomic E-state index is 0.240. The van der Waals surface area contributed by atoms with E-state index < -0.39 is 17.7 Å². The van der Waals surface area contributed by atoms with Crippen LogP contribution in [0.25, 0.3) is 0 Å². The van der Waals surface area contributed by atoms with E-state index in [0.29, 0.717) is 18.1 Å². The summed E-state index contributed by atoms with van der Waals surface area (Å²) in [6.07, 6.45) is -0.120. The first-order valence-electron chi connectivity index (χ1n) is 9.08. The number of tetrazole rings is 1. The van der Waals surface area contributed by atoms with E-state index in [9.17, 15) is 4.79 Å². The molecule has 9 nitrogen and oxygen atoms in total. The van der Waals surface area contributed by atoms with Gasteiger partial charge >= 0.3 is 6.09 Å². The van der Waals surface area contributed by atoms with E-state index in [-0.39, 0.29) is 12.8 Å². The number of aromatic nitrogens is 4. The molecule has 29 heavy (non-hydrogen) atoms. The lowest BCUT2D eigenvalue weighted by molar-refractivity contribution is 0.0501. The third-order valence-corrected chi connectivity index (χ3v) is 3.63. The Morgan fingerprint density at radius 1 is 1.34 bits per heavy atom. The largest absolute Gasteiger partial charge is 0.495 e. The van der Waals surface area contributed by atoms with Crippen LogP contribution < -0.4 is 10.1 Å². The number of alkyl carbamates (subject to hydrolysis) is 1. The standard InChI is InChI=1S/C20H24N6O3/c1-20(2,3)29-19(27)22-16(18-23-24-25-26(18)14-8-13-21)11-7-10-15-9-5-6-12-17(15)28-4/h5-6,9,12,16H,8,11,14H2,1-4H3,(H,22,27)/t16-/m0/s1. The number of nitriles is 1. The molecule has 0 radical (unpaired) electrons. The fourth-order valence-corrected chi connectivity index (χ4v) is 2.43. The van der Waals surface area contributed by atoms with Gasteiger partial charge in [-0.3, -0.25) is 0 Å². The number of amides is 1. The van der Waals surface area contributed by atoms with Gasteiger partial charge in [0.15, 0.2) is 5.82 Å². The highest BCUT2D eigenvalue weighted by molar-refractivity contribution is 5.68. The third kappa shape index (κ3) is 6.82. The lowest BCUT2D eigenvalue weighted by atomic mass is 10.1. The van der Waals surface area contributed by atoms with Crippen LogP contribution in [0, 0.1) is 23.2 Å². The van der Waals surface area contributed by atoms with Crippen molar-refractivity contribution < 1.29 is 14.3 Å². The number of ether oxygens (including phenoxy) is 2. The summed E-state index contributed by atoms with van der Waals surface area (Å²) >= 11 is 0. The predicted molar refractivity (Wildman–Crippen MR) is 105 cm³/mol. The van der Waals surface area contributed by atoms with E-state index in [1.54, 1.807) is 27.9 Å². The van der Waals surface area contributed by atoms with Crippen LogP contribution in [0.4, 0.5) is 4.79 Å². The van der Waals surface area contributed by atoms with Crippen LogP contribution in [0.2, 0.25) is 0 Å². The number of methoxy groups -OCH3 is 1. The Balaban J connectivity index is 2.24. The lowest BCUT2D eigenvalue weighted by Gasteiger charge is -2.22. The number of benzene rings is 1. The van der Waals surface area contributed by atoms with Crippen LogP contribution in [-0.4, -0.2) is 39.0 Å². The molecule has 152 valence electrons. The van der Waals surface area contributed by atoms with Crippen LogP contribution in [0.1, 0.15) is 51.0 Å². The molecule has 1 N–H and O–H groups in total. The Labute approximate surface area is 170 Å². The first kappa shape index (κ1) is 21.7. The molecule has 0 saturated heterocycles. The third-order valence-electron chi connectivity index (χ3n) is 3.63. The van der Waals surface area contributed by atoms with Gasteiger partial charge in [0.1, 0.15) is 17.4 Å². The average molecular weight is 396 g/mol. The van der Waals surface area contributed by atoms with Crippen LogP contribution in [0.15, 0.2) is 24.3 Å². The van der Waals surface area contributed by atoms with Gasteiger partial charge in [0, 0.05) is 6.42 Å². The molecule has 0 spiro atoms. The van der Waals surface area contributed by atoms with Crippen molar-refractivity contribution in [2.75, 3.05) is 7.11 Å². The number of carbonyl (C=O) groups excluding carboxylic acids is 1. The molecule has 0 aliphatic heterocycles. The number of nitrogens with zero attached hydrogens (tertiary/aromatic N) is 5. The molecule has 9 heteroatoms. The lowest BCUT2D eigenvalue weighted by Crippen LogP contribution is -2.36. The molecule has 0 saturated carbocycles. The summed E-state index contributed by atoms with van der Waals surface area (Å²) in [6, 6.07) is 8.84. The molecule has 2 aromatic rings. The summed E-state index contributed by atoms with van der Waals surface area (Å²) < 4.78 is 12.1. The molecule has 1 atom stereocenters. The van der Waals surface area contributed by atoms with Gasteiger partial charge in [0.2, 0.25) is 0 Å². The molecule has 0 fully saturated rings. The summed E-state index contributed by atoms with van der Waals surface area (Å²) in [4.78, 5) is 12.3. The van der Waals surface area contributed by atoms with Gasteiger partial charge in [-0.1, -0.05) is 24.0 Å². The Morgan fingerprint density at radius 3 is 2.79 bits per heavy atom. The first-order chi connectivity index (χ1) is 13.8. The van der Waals surface area contributed by atoms with Crippen LogP contribution in [0.3, 0.4) is 0 Å². The van der Waals surface area contributed by atoms with E-state index in [2.05, 4.69) is 38.8 Å². The number of rotatable bonds is 6. The molecule has 2 rings (SSSR count). The zero-order valence-electron chi connectivity index (χ0n) is 17.0. The second kappa shape index (κ2) is 10.1. The maximum Gasteiger partial charge on any atom is 0.408 e. The van der Waals surface area contributed by atoms with Crippen molar-refractivity contribution in [2.45, 2.75) is 51.8 Å². The second-order valence-electron chi connectivity index (χ2n) is 7.07. The normalized spacial score (nSPS) is 11.6. The Hall–Kier alpha value is -3.59. The van der Waals surface area contributed by atoms with E-state index in [0.717, 1.165) is 5.56 Å². The minimum Gasteiger partial charge on any atom is -0.495 e. The Kier molecular flexibility index (Phi) is 7.55. The zero-order chi connectivity index (χ0) is 21.3. The molecule has 0 bridgehead atoms. The maximum atomic E-state index is 12.3. The predicted octanol–water partition coefficient (Wildman–Crippen LogP) is 2.60. The average Bonchev–Trinajstić information content (AvgIpc) is 3.13. The molecular formula is C20H24N6O3. The van der Waals surface area contributed by atoms with Crippen molar-refractivity contribution >= 4 is 6.09 Å². The molecule has 1 heterocycles. The number of hydrogen-bond donors (Lipinski definition) is 1. The van der Waals surface area contributed by atoms with Crippen molar-refractivity contribution in [2.24, 2.45) is 0 Å². The minimum atomic E-state index is -0.648. The van der Waals surface area contributed by atoms with Crippen molar-refractivity contribution in [3.8, 4) is 23.7 Å². The van der Waals surface area contributed by atoms with Gasteiger partial charge in [-0.05, 0) is 43.3 Å². The molecule has 1 aromatic heterocycles. The van der Waals surface area contributed by atoms with Gasteiger partial charge in [0.25, 0.3) is 0 Å². The van der Waals surface area contributed by atoms with Crippen molar-refractivity contribution in [3.63, 3.8) is 0 Å². The Morgan fingerprint density at radius 2 is 2.10 bits per heavy atom. The molecule has 1 amide bonds. The molecular weight excluding hydrogens is 372 g/mol.